The first-order valence-corrected chi connectivity index (χ1v) is 10.9. The van der Waals surface area contributed by atoms with Crippen LogP contribution in [-0.2, 0) is 25.7 Å². The molecule has 0 radical (unpaired) electrons. The summed E-state index contributed by atoms with van der Waals surface area (Å²) in [6.45, 7) is 0.803. The fourth-order valence-corrected chi connectivity index (χ4v) is 4.87. The van der Waals surface area contributed by atoms with Crippen molar-refractivity contribution in [2.45, 2.75) is 57.6 Å². The predicted octanol–water partition coefficient (Wildman–Crippen LogP) is 2.57. The van der Waals surface area contributed by atoms with Crippen LogP contribution in [0.5, 0.6) is 0 Å². The van der Waals surface area contributed by atoms with Crippen molar-refractivity contribution in [2.24, 2.45) is 23.7 Å². The number of nitrogens with one attached hydrogen (secondary N) is 2. The summed E-state index contributed by atoms with van der Waals surface area (Å²) >= 11 is 0. The van der Waals surface area contributed by atoms with Gasteiger partial charge in [0.1, 0.15) is 6.61 Å². The molecule has 0 heterocycles. The first kappa shape index (κ1) is 19.9. The number of carbonyl (C=O) groups excluding carboxylic acids is 3. The van der Waals surface area contributed by atoms with E-state index in [2.05, 4.69) is 10.6 Å². The van der Waals surface area contributed by atoms with Crippen LogP contribution in [0.15, 0.2) is 30.3 Å². The highest BCUT2D eigenvalue weighted by molar-refractivity contribution is 5.81. The minimum Gasteiger partial charge on any atom is -0.461 e. The number of rotatable bonds is 9. The van der Waals surface area contributed by atoms with Crippen LogP contribution in [0.25, 0.3) is 0 Å². The topological polar surface area (TPSA) is 84.5 Å². The van der Waals surface area contributed by atoms with Gasteiger partial charge in [0.05, 0.1) is 5.92 Å². The second-order valence-corrected chi connectivity index (χ2v) is 8.71. The molecule has 3 saturated carbocycles. The van der Waals surface area contributed by atoms with Gasteiger partial charge in [-0.2, -0.15) is 0 Å². The molecule has 6 nitrogen and oxygen atoms in total. The summed E-state index contributed by atoms with van der Waals surface area (Å²) in [6, 6.07) is 9.55. The lowest BCUT2D eigenvalue weighted by Crippen LogP contribution is -2.47. The van der Waals surface area contributed by atoms with Crippen molar-refractivity contribution in [3.05, 3.63) is 35.9 Å². The van der Waals surface area contributed by atoms with E-state index in [1.807, 2.05) is 30.3 Å². The fourth-order valence-electron chi connectivity index (χ4n) is 4.87. The summed E-state index contributed by atoms with van der Waals surface area (Å²) in [5.74, 6) is 0.516. The summed E-state index contributed by atoms with van der Waals surface area (Å²) in [5, 5.41) is 6.00. The molecule has 156 valence electrons. The fraction of sp³-hybridized carbons (Fsp3) is 0.609. The third kappa shape index (κ3) is 4.98. The Morgan fingerprint density at radius 1 is 1.00 bits per heavy atom. The predicted molar refractivity (Wildman–Crippen MR) is 107 cm³/mol. The highest BCUT2D eigenvalue weighted by Crippen LogP contribution is 2.49. The van der Waals surface area contributed by atoms with E-state index in [0.29, 0.717) is 31.2 Å². The first-order chi connectivity index (χ1) is 14.1. The van der Waals surface area contributed by atoms with Gasteiger partial charge in [0, 0.05) is 24.9 Å². The van der Waals surface area contributed by atoms with Gasteiger partial charge in [0.25, 0.3) is 0 Å². The Bertz CT molecular complexity index is 747. The largest absolute Gasteiger partial charge is 0.461 e. The summed E-state index contributed by atoms with van der Waals surface area (Å²) < 4.78 is 5.59. The first-order valence-electron chi connectivity index (χ1n) is 10.9. The molecular weight excluding hydrogens is 368 g/mol. The Labute approximate surface area is 171 Å². The second-order valence-electron chi connectivity index (χ2n) is 8.71. The quantitative estimate of drug-likeness (QED) is 0.495. The lowest BCUT2D eigenvalue weighted by atomic mass is 9.84. The Morgan fingerprint density at radius 3 is 2.52 bits per heavy atom. The van der Waals surface area contributed by atoms with E-state index in [1.54, 1.807) is 0 Å². The van der Waals surface area contributed by atoms with Gasteiger partial charge in [0.15, 0.2) is 0 Å². The molecule has 4 rings (SSSR count). The lowest BCUT2D eigenvalue weighted by Gasteiger charge is -2.30. The molecule has 3 aliphatic rings. The number of fused-ring (bicyclic) bond motifs is 2. The van der Waals surface area contributed by atoms with Crippen molar-refractivity contribution in [1.82, 2.24) is 10.6 Å². The third-order valence-electron chi connectivity index (χ3n) is 6.57. The standard InChI is InChI=1S/C23H30N2O4/c26-19(7-4-12-24-22(27)16-8-9-16)25-21-18-11-10-17(13-18)20(21)23(28)29-14-15-5-2-1-3-6-15/h1-3,5-6,16-18,20-21H,4,7-14H2,(H,24,27)(H,25,26)/t17-,18-,20+,21+/m0/s1. The Balaban J connectivity index is 1.24. The summed E-state index contributed by atoms with van der Waals surface area (Å²) in [5.41, 5.74) is 0.970. The molecule has 2 N–H and O–H groups in total. The van der Waals surface area contributed by atoms with Gasteiger partial charge in [-0.3, -0.25) is 14.4 Å². The molecule has 2 bridgehead atoms. The molecule has 0 unspecified atom stereocenters. The molecule has 4 atom stereocenters. The number of hydrogen-bond acceptors (Lipinski definition) is 4. The number of ether oxygens (including phenoxy) is 1. The minimum atomic E-state index is -0.240. The van der Waals surface area contributed by atoms with Crippen LogP contribution in [0.2, 0.25) is 0 Å². The maximum Gasteiger partial charge on any atom is 0.311 e. The van der Waals surface area contributed by atoms with Gasteiger partial charge in [-0.25, -0.2) is 0 Å². The van der Waals surface area contributed by atoms with E-state index in [0.717, 1.165) is 37.7 Å². The van der Waals surface area contributed by atoms with Crippen molar-refractivity contribution in [2.75, 3.05) is 6.54 Å². The van der Waals surface area contributed by atoms with Crippen LogP contribution in [0.3, 0.4) is 0 Å². The summed E-state index contributed by atoms with van der Waals surface area (Å²) in [4.78, 5) is 36.9. The van der Waals surface area contributed by atoms with Crippen LogP contribution < -0.4 is 10.6 Å². The monoisotopic (exact) mass is 398 g/mol. The van der Waals surface area contributed by atoms with Gasteiger partial charge < -0.3 is 15.4 Å². The van der Waals surface area contributed by atoms with Crippen molar-refractivity contribution < 1.29 is 19.1 Å². The van der Waals surface area contributed by atoms with Gasteiger partial charge in [-0.05, 0) is 55.9 Å². The van der Waals surface area contributed by atoms with E-state index in [4.69, 9.17) is 4.74 Å². The molecule has 3 fully saturated rings. The zero-order valence-electron chi connectivity index (χ0n) is 16.8. The highest BCUT2D eigenvalue weighted by Gasteiger charge is 2.52. The van der Waals surface area contributed by atoms with Gasteiger partial charge in [0.2, 0.25) is 11.8 Å². The van der Waals surface area contributed by atoms with Gasteiger partial charge >= 0.3 is 5.97 Å². The molecule has 2 amide bonds. The average Bonchev–Trinajstić information content (AvgIpc) is 3.40. The van der Waals surface area contributed by atoms with Crippen molar-refractivity contribution in [3.63, 3.8) is 0 Å². The highest BCUT2D eigenvalue weighted by atomic mass is 16.5. The van der Waals surface area contributed by atoms with Crippen LogP contribution in [-0.4, -0.2) is 30.4 Å². The number of benzene rings is 1. The van der Waals surface area contributed by atoms with Gasteiger partial charge in [-0.15, -0.1) is 0 Å². The Kier molecular flexibility index (Phi) is 6.16. The number of esters is 1. The maximum atomic E-state index is 12.8. The average molecular weight is 399 g/mol. The molecule has 29 heavy (non-hydrogen) atoms. The molecular formula is C23H30N2O4. The molecule has 6 heteroatoms. The second kappa shape index (κ2) is 8.97. The molecule has 0 spiro atoms. The number of carbonyl (C=O) groups is 3. The molecule has 0 aliphatic heterocycles. The molecule has 0 aromatic heterocycles. The van der Waals surface area contributed by atoms with Crippen molar-refractivity contribution in [1.29, 1.82) is 0 Å². The molecule has 1 aromatic rings. The summed E-state index contributed by atoms with van der Waals surface area (Å²) in [7, 11) is 0. The molecule has 3 aliphatic carbocycles. The zero-order valence-corrected chi connectivity index (χ0v) is 16.8. The summed E-state index contributed by atoms with van der Waals surface area (Å²) in [6.07, 6.45) is 6.05. The third-order valence-corrected chi connectivity index (χ3v) is 6.57. The maximum absolute atomic E-state index is 12.8. The normalized spacial score (nSPS) is 27.4. The van der Waals surface area contributed by atoms with Crippen molar-refractivity contribution >= 4 is 17.8 Å². The van der Waals surface area contributed by atoms with Crippen LogP contribution in [0.1, 0.15) is 50.5 Å². The number of hydrogen-bond donors (Lipinski definition) is 2. The van der Waals surface area contributed by atoms with E-state index in [-0.39, 0.29) is 42.3 Å². The lowest BCUT2D eigenvalue weighted by molar-refractivity contribution is -0.153. The van der Waals surface area contributed by atoms with Crippen LogP contribution in [0.4, 0.5) is 0 Å². The van der Waals surface area contributed by atoms with Crippen LogP contribution in [0, 0.1) is 23.7 Å². The van der Waals surface area contributed by atoms with Crippen molar-refractivity contribution in [3.8, 4) is 0 Å². The van der Waals surface area contributed by atoms with E-state index in [1.165, 1.54) is 0 Å². The zero-order chi connectivity index (χ0) is 20.2. The smallest absolute Gasteiger partial charge is 0.311 e. The van der Waals surface area contributed by atoms with Gasteiger partial charge in [-0.1, -0.05) is 30.3 Å². The van der Waals surface area contributed by atoms with E-state index in [9.17, 15) is 14.4 Å². The van der Waals surface area contributed by atoms with E-state index >= 15 is 0 Å². The number of amides is 2. The minimum absolute atomic E-state index is 0.0379. The Morgan fingerprint density at radius 2 is 1.76 bits per heavy atom. The van der Waals surface area contributed by atoms with E-state index < -0.39 is 0 Å². The molecule has 0 saturated heterocycles. The Hall–Kier alpha value is -2.37. The SMILES string of the molecule is O=C(CCCNC(=O)C1CC1)N[C@@H]1[C@H]2CC[C@@H](C2)[C@H]1C(=O)OCc1ccccc1. The molecule has 1 aromatic carbocycles. The van der Waals surface area contributed by atoms with Crippen LogP contribution >= 0.6 is 0 Å².